The minimum Gasteiger partial charge on any atom is -0.386 e. The molecule has 0 atom stereocenters. The van der Waals surface area contributed by atoms with E-state index < -0.39 is 36.0 Å². The van der Waals surface area contributed by atoms with Crippen LogP contribution < -0.4 is 0 Å². The average Bonchev–Trinajstić information content (AvgIpc) is 3.09. The number of hydrogen-bond donors (Lipinski definition) is 0. The Hall–Kier alpha value is -3.35. The molecule has 0 bridgehead atoms. The molecule has 0 N–H and O–H groups in total. The maximum Gasteiger partial charge on any atom is 0.346 e. The van der Waals surface area contributed by atoms with Crippen LogP contribution in [0.25, 0.3) is 0 Å². The Morgan fingerprint density at radius 1 is 0.731 bits per heavy atom. The van der Waals surface area contributed by atoms with Gasteiger partial charge in [-0.3, -0.25) is 0 Å². The summed E-state index contributed by atoms with van der Waals surface area (Å²) in [5.74, 6) is -3.04. The van der Waals surface area contributed by atoms with Crippen LogP contribution in [0.4, 0.5) is 4.39 Å². The zero-order valence-electron chi connectivity index (χ0n) is 13.5. The molecule has 6 nitrogen and oxygen atoms in total. The van der Waals surface area contributed by atoms with Gasteiger partial charge < -0.3 is 9.47 Å². The normalized spacial score (nSPS) is 15.6. The summed E-state index contributed by atoms with van der Waals surface area (Å²) in [6.07, 6.45) is 0. The number of alkyl halides is 1. The van der Waals surface area contributed by atoms with Gasteiger partial charge in [-0.1, -0.05) is 12.1 Å². The summed E-state index contributed by atoms with van der Waals surface area (Å²) in [6, 6.07) is 8.73. The van der Waals surface area contributed by atoms with Gasteiger partial charge in [-0.15, -0.1) is 0 Å². The second-order valence-corrected chi connectivity index (χ2v) is 6.34. The van der Waals surface area contributed by atoms with E-state index >= 15 is 0 Å². The highest BCUT2D eigenvalue weighted by Gasteiger charge is 2.37. The smallest absolute Gasteiger partial charge is 0.346 e. The van der Waals surface area contributed by atoms with Gasteiger partial charge in [0.15, 0.2) is 0 Å². The summed E-state index contributed by atoms with van der Waals surface area (Å²) in [7, 11) is 0. The molecule has 2 aliphatic rings. The van der Waals surface area contributed by atoms with Gasteiger partial charge in [0, 0.05) is 5.41 Å². The number of esters is 4. The van der Waals surface area contributed by atoms with Crippen molar-refractivity contribution in [3.8, 4) is 0 Å². The first kappa shape index (κ1) is 16.1. The zero-order valence-corrected chi connectivity index (χ0v) is 13.5. The lowest BCUT2D eigenvalue weighted by Crippen LogP contribution is -2.27. The van der Waals surface area contributed by atoms with E-state index in [0.717, 1.165) is 0 Å². The fourth-order valence-corrected chi connectivity index (χ4v) is 3.18. The highest BCUT2D eigenvalue weighted by Crippen LogP contribution is 2.36. The molecule has 0 fully saturated rings. The maximum absolute atomic E-state index is 14.1. The van der Waals surface area contributed by atoms with Crippen molar-refractivity contribution < 1.29 is 33.0 Å². The van der Waals surface area contributed by atoms with E-state index in [1.165, 1.54) is 36.4 Å². The summed E-state index contributed by atoms with van der Waals surface area (Å²) in [5, 5.41) is 0. The summed E-state index contributed by atoms with van der Waals surface area (Å²) in [6.45, 7) is 0.761. The monoisotopic (exact) mass is 354 g/mol. The SMILES string of the molecule is CC(CF)(c1ccc2c(c1)C(=O)OC2=O)c1ccc2c(c1)C(=O)OC2=O. The minimum absolute atomic E-state index is 0.0722. The van der Waals surface area contributed by atoms with Crippen molar-refractivity contribution in [3.63, 3.8) is 0 Å². The quantitative estimate of drug-likeness (QED) is 0.622. The van der Waals surface area contributed by atoms with Crippen molar-refractivity contribution in [1.29, 1.82) is 0 Å². The van der Waals surface area contributed by atoms with Crippen molar-refractivity contribution >= 4 is 23.9 Å². The lowest BCUT2D eigenvalue weighted by molar-refractivity contribution is 0.0425. The zero-order chi connectivity index (χ0) is 18.6. The molecule has 4 rings (SSSR count). The van der Waals surface area contributed by atoms with Crippen LogP contribution in [0.5, 0.6) is 0 Å². The van der Waals surface area contributed by atoms with E-state index in [1.807, 2.05) is 0 Å². The number of ether oxygens (including phenoxy) is 2. The molecule has 2 aromatic rings. The highest BCUT2D eigenvalue weighted by atomic mass is 19.1. The molecule has 0 saturated carbocycles. The minimum atomic E-state index is -1.21. The molecule has 0 radical (unpaired) electrons. The Bertz CT molecular complexity index is 945. The molecule has 26 heavy (non-hydrogen) atoms. The molecule has 0 aromatic heterocycles. The number of carbonyl (C=O) groups excluding carboxylic acids is 4. The lowest BCUT2D eigenvalue weighted by Gasteiger charge is -2.28. The molecule has 2 aliphatic heterocycles. The first-order chi connectivity index (χ1) is 12.3. The predicted octanol–water partition coefficient (Wildman–Crippen LogP) is 2.58. The standard InChI is InChI=1S/C19H11FO6/c1-19(8-20,9-2-4-11-13(6-9)17(23)25-15(11)21)10-3-5-12-14(7-10)18(24)26-16(12)22/h2-7H,8H2,1H3. The molecule has 2 heterocycles. The van der Waals surface area contributed by atoms with Crippen LogP contribution in [0.1, 0.15) is 59.5 Å². The van der Waals surface area contributed by atoms with Gasteiger partial charge in [0.2, 0.25) is 0 Å². The van der Waals surface area contributed by atoms with Gasteiger partial charge >= 0.3 is 23.9 Å². The van der Waals surface area contributed by atoms with E-state index in [9.17, 15) is 23.6 Å². The Balaban J connectivity index is 1.85. The van der Waals surface area contributed by atoms with Crippen LogP contribution in [0.3, 0.4) is 0 Å². The molecule has 2 aromatic carbocycles. The van der Waals surface area contributed by atoms with Crippen LogP contribution in [-0.2, 0) is 14.9 Å². The third-order valence-electron chi connectivity index (χ3n) is 4.83. The van der Waals surface area contributed by atoms with Crippen molar-refractivity contribution in [3.05, 3.63) is 69.8 Å². The Morgan fingerprint density at radius 3 is 1.50 bits per heavy atom. The van der Waals surface area contributed by atoms with Gasteiger partial charge in [0.1, 0.15) is 6.67 Å². The molecular formula is C19H11FO6. The second-order valence-electron chi connectivity index (χ2n) is 6.34. The molecule has 0 aliphatic carbocycles. The highest BCUT2D eigenvalue weighted by molar-refractivity contribution is 6.15. The molecule has 130 valence electrons. The summed E-state index contributed by atoms with van der Waals surface area (Å²) in [4.78, 5) is 46.7. The van der Waals surface area contributed by atoms with Crippen molar-refractivity contribution in [2.75, 3.05) is 6.67 Å². The number of rotatable bonds is 3. The number of cyclic esters (lactones) is 4. The summed E-state index contributed by atoms with van der Waals surface area (Å²) in [5.41, 5.74) is 0.0603. The summed E-state index contributed by atoms with van der Waals surface area (Å²) < 4.78 is 23.2. The van der Waals surface area contributed by atoms with Gasteiger partial charge in [-0.25, -0.2) is 23.6 Å². The van der Waals surface area contributed by atoms with E-state index in [-0.39, 0.29) is 22.3 Å². The molecule has 0 unspecified atom stereocenters. The third-order valence-corrected chi connectivity index (χ3v) is 4.83. The van der Waals surface area contributed by atoms with Crippen LogP contribution in [-0.4, -0.2) is 30.6 Å². The molecular weight excluding hydrogens is 343 g/mol. The lowest BCUT2D eigenvalue weighted by atomic mass is 9.76. The van der Waals surface area contributed by atoms with Crippen LogP contribution >= 0.6 is 0 Å². The fraction of sp³-hybridized carbons (Fsp3) is 0.158. The largest absolute Gasteiger partial charge is 0.386 e. The number of fused-ring (bicyclic) bond motifs is 2. The van der Waals surface area contributed by atoms with Gasteiger partial charge in [0.05, 0.1) is 22.3 Å². The third kappa shape index (κ3) is 2.10. The first-order valence-electron chi connectivity index (χ1n) is 7.73. The van der Waals surface area contributed by atoms with Gasteiger partial charge in [-0.2, -0.15) is 0 Å². The molecule has 0 amide bonds. The summed E-state index contributed by atoms with van der Waals surface area (Å²) >= 11 is 0. The van der Waals surface area contributed by atoms with Gasteiger partial charge in [0.25, 0.3) is 0 Å². The number of hydrogen-bond acceptors (Lipinski definition) is 6. The van der Waals surface area contributed by atoms with E-state index in [4.69, 9.17) is 0 Å². The predicted molar refractivity (Wildman–Crippen MR) is 84.8 cm³/mol. The van der Waals surface area contributed by atoms with E-state index in [0.29, 0.717) is 11.1 Å². The van der Waals surface area contributed by atoms with Crippen LogP contribution in [0.15, 0.2) is 36.4 Å². The maximum atomic E-state index is 14.1. The molecule has 0 spiro atoms. The Labute approximate surface area is 146 Å². The number of benzene rings is 2. The number of carbonyl (C=O) groups is 4. The van der Waals surface area contributed by atoms with E-state index in [1.54, 1.807) is 6.92 Å². The topological polar surface area (TPSA) is 86.7 Å². The fourth-order valence-electron chi connectivity index (χ4n) is 3.18. The molecule has 0 saturated heterocycles. The van der Waals surface area contributed by atoms with Crippen molar-refractivity contribution in [2.24, 2.45) is 0 Å². The second kappa shape index (κ2) is 5.32. The number of halogens is 1. The van der Waals surface area contributed by atoms with Crippen molar-refractivity contribution in [2.45, 2.75) is 12.3 Å². The van der Waals surface area contributed by atoms with Gasteiger partial charge in [-0.05, 0) is 42.3 Å². The molecule has 7 heteroatoms. The van der Waals surface area contributed by atoms with Crippen LogP contribution in [0, 0.1) is 0 Å². The Kier molecular flexibility index (Phi) is 3.30. The average molecular weight is 354 g/mol. The van der Waals surface area contributed by atoms with Crippen molar-refractivity contribution in [1.82, 2.24) is 0 Å². The van der Waals surface area contributed by atoms with Crippen LogP contribution in [0.2, 0.25) is 0 Å². The van der Waals surface area contributed by atoms with E-state index in [2.05, 4.69) is 9.47 Å². The first-order valence-corrected chi connectivity index (χ1v) is 7.73. The Morgan fingerprint density at radius 2 is 1.12 bits per heavy atom.